The number of fused-ring (bicyclic) bond motifs is 6. The Hall–Kier alpha value is -5.86. The van der Waals surface area contributed by atoms with Gasteiger partial charge in [0.25, 0.3) is 0 Å². The van der Waals surface area contributed by atoms with E-state index < -0.39 is 0 Å². The summed E-state index contributed by atoms with van der Waals surface area (Å²) in [6.45, 7) is 0. The van der Waals surface area contributed by atoms with Crippen LogP contribution in [0.5, 0.6) is 0 Å². The molecule has 0 saturated heterocycles. The summed E-state index contributed by atoms with van der Waals surface area (Å²) in [6.07, 6.45) is 0. The Balaban J connectivity index is 1.29. The predicted molar refractivity (Wildman–Crippen MR) is 184 cm³/mol. The van der Waals surface area contributed by atoms with Gasteiger partial charge in [-0.3, -0.25) is 0 Å². The van der Waals surface area contributed by atoms with E-state index in [0.717, 1.165) is 33.1 Å². The number of benzene rings is 7. The van der Waals surface area contributed by atoms with E-state index in [2.05, 4.69) is 156 Å². The van der Waals surface area contributed by atoms with E-state index in [1.54, 1.807) is 0 Å². The molecule has 206 valence electrons. The largest absolute Gasteiger partial charge is 0.455 e. The summed E-state index contributed by atoms with van der Waals surface area (Å²) in [5.41, 5.74) is 12.4. The monoisotopic (exact) mass is 561 g/mol. The number of hydrogen-bond acceptors (Lipinski definition) is 1. The lowest BCUT2D eigenvalue weighted by Crippen LogP contribution is -1.92. The average Bonchev–Trinajstić information content (AvgIpc) is 3.64. The summed E-state index contributed by atoms with van der Waals surface area (Å²) < 4.78 is 8.84. The van der Waals surface area contributed by atoms with Crippen LogP contribution in [0.2, 0.25) is 0 Å². The van der Waals surface area contributed by atoms with Crippen molar-refractivity contribution in [3.8, 4) is 39.1 Å². The lowest BCUT2D eigenvalue weighted by Gasteiger charge is -2.12. The van der Waals surface area contributed by atoms with Gasteiger partial charge in [0.05, 0.1) is 11.0 Å². The van der Waals surface area contributed by atoms with Gasteiger partial charge in [0.2, 0.25) is 0 Å². The van der Waals surface area contributed by atoms with Crippen molar-refractivity contribution in [3.05, 3.63) is 164 Å². The number of para-hydroxylation sites is 4. The highest BCUT2D eigenvalue weighted by Gasteiger charge is 2.16. The molecule has 9 rings (SSSR count). The Morgan fingerprint density at radius 1 is 0.364 bits per heavy atom. The van der Waals surface area contributed by atoms with E-state index >= 15 is 0 Å². The standard InChI is InChI=1S/C42H27NO/c1-3-12-28(13-4-1)30-24-31(26-32(25-30)34-18-11-19-37-36-17-8-10-21-41(36)44-42(34)37)29-22-23-40-38(27-29)35-16-7-9-20-39(35)43(40)33-14-5-2-6-15-33/h1-27H. The maximum atomic E-state index is 6.48. The van der Waals surface area contributed by atoms with Gasteiger partial charge < -0.3 is 8.98 Å². The molecule has 0 saturated carbocycles. The van der Waals surface area contributed by atoms with Crippen molar-refractivity contribution in [1.29, 1.82) is 0 Å². The zero-order valence-corrected chi connectivity index (χ0v) is 23.9. The molecule has 0 fully saturated rings. The molecule has 0 bridgehead atoms. The fourth-order valence-corrected chi connectivity index (χ4v) is 6.73. The van der Waals surface area contributed by atoms with E-state index in [0.29, 0.717) is 0 Å². The van der Waals surface area contributed by atoms with Crippen LogP contribution in [-0.2, 0) is 0 Å². The van der Waals surface area contributed by atoms with Crippen molar-refractivity contribution in [3.63, 3.8) is 0 Å². The normalized spacial score (nSPS) is 11.6. The zero-order valence-electron chi connectivity index (χ0n) is 23.9. The second kappa shape index (κ2) is 9.86. The number of hydrogen-bond donors (Lipinski definition) is 0. The maximum absolute atomic E-state index is 6.48. The lowest BCUT2D eigenvalue weighted by molar-refractivity contribution is 0.670. The Kier molecular flexibility index (Phi) is 5.54. The third kappa shape index (κ3) is 3.89. The van der Waals surface area contributed by atoms with Gasteiger partial charge in [0.1, 0.15) is 11.2 Å². The zero-order chi connectivity index (χ0) is 29.0. The van der Waals surface area contributed by atoms with Gasteiger partial charge in [-0.25, -0.2) is 0 Å². The van der Waals surface area contributed by atoms with Crippen LogP contribution in [-0.4, -0.2) is 4.57 Å². The summed E-state index contributed by atoms with van der Waals surface area (Å²) >= 11 is 0. The molecule has 0 radical (unpaired) electrons. The first-order chi connectivity index (χ1) is 21.8. The summed E-state index contributed by atoms with van der Waals surface area (Å²) in [4.78, 5) is 0. The van der Waals surface area contributed by atoms with Crippen LogP contribution < -0.4 is 0 Å². The topological polar surface area (TPSA) is 18.1 Å². The lowest BCUT2D eigenvalue weighted by atomic mass is 9.92. The summed E-state index contributed by atoms with van der Waals surface area (Å²) in [6, 6.07) is 58.5. The van der Waals surface area contributed by atoms with E-state index in [-0.39, 0.29) is 0 Å². The highest BCUT2D eigenvalue weighted by atomic mass is 16.3. The van der Waals surface area contributed by atoms with Gasteiger partial charge in [-0.05, 0) is 82.4 Å². The second-order valence-electron chi connectivity index (χ2n) is 11.4. The van der Waals surface area contributed by atoms with Crippen LogP contribution in [0.1, 0.15) is 0 Å². The van der Waals surface area contributed by atoms with Crippen molar-refractivity contribution < 1.29 is 4.42 Å². The van der Waals surface area contributed by atoms with E-state index in [4.69, 9.17) is 4.42 Å². The van der Waals surface area contributed by atoms with Crippen LogP contribution in [0, 0.1) is 0 Å². The Morgan fingerprint density at radius 2 is 1.00 bits per heavy atom. The highest BCUT2D eigenvalue weighted by Crippen LogP contribution is 2.40. The Bertz CT molecular complexity index is 2480. The average molecular weight is 562 g/mol. The fraction of sp³-hybridized carbons (Fsp3) is 0. The van der Waals surface area contributed by atoms with E-state index in [1.165, 1.54) is 49.7 Å². The molecular weight excluding hydrogens is 534 g/mol. The Labute approximate surface area is 255 Å². The molecule has 0 aliphatic carbocycles. The minimum atomic E-state index is 0.912. The molecule has 2 aromatic heterocycles. The molecule has 44 heavy (non-hydrogen) atoms. The molecule has 2 heteroatoms. The molecule has 0 aliphatic heterocycles. The smallest absolute Gasteiger partial charge is 0.143 e. The number of nitrogens with zero attached hydrogens (tertiary/aromatic N) is 1. The molecule has 9 aromatic rings. The van der Waals surface area contributed by atoms with Crippen LogP contribution in [0.3, 0.4) is 0 Å². The van der Waals surface area contributed by atoms with E-state index in [9.17, 15) is 0 Å². The molecule has 0 amide bonds. The fourth-order valence-electron chi connectivity index (χ4n) is 6.73. The minimum absolute atomic E-state index is 0.912. The van der Waals surface area contributed by atoms with Crippen LogP contribution in [0.25, 0.3) is 82.8 Å². The minimum Gasteiger partial charge on any atom is -0.455 e. The molecule has 7 aromatic carbocycles. The molecule has 2 heterocycles. The molecule has 0 N–H and O–H groups in total. The van der Waals surface area contributed by atoms with Crippen LogP contribution in [0.4, 0.5) is 0 Å². The van der Waals surface area contributed by atoms with Gasteiger partial charge in [0, 0.05) is 32.8 Å². The Morgan fingerprint density at radius 3 is 1.84 bits per heavy atom. The predicted octanol–water partition coefficient (Wildman–Crippen LogP) is 11.7. The molecule has 2 nitrogen and oxygen atoms in total. The third-order valence-electron chi connectivity index (χ3n) is 8.78. The summed E-state index contributed by atoms with van der Waals surface area (Å²) in [5, 5.41) is 4.77. The first-order valence-corrected chi connectivity index (χ1v) is 15.0. The van der Waals surface area contributed by atoms with E-state index in [1.807, 2.05) is 12.1 Å². The third-order valence-corrected chi connectivity index (χ3v) is 8.78. The highest BCUT2D eigenvalue weighted by molar-refractivity contribution is 6.11. The molecule has 0 unspecified atom stereocenters. The number of furan rings is 1. The molecule has 0 aliphatic rings. The van der Waals surface area contributed by atoms with Gasteiger partial charge in [-0.2, -0.15) is 0 Å². The molecule has 0 atom stereocenters. The van der Waals surface area contributed by atoms with Crippen LogP contribution >= 0.6 is 0 Å². The number of aromatic nitrogens is 1. The second-order valence-corrected chi connectivity index (χ2v) is 11.4. The van der Waals surface area contributed by atoms with Gasteiger partial charge >= 0.3 is 0 Å². The van der Waals surface area contributed by atoms with Crippen molar-refractivity contribution in [2.75, 3.05) is 0 Å². The maximum Gasteiger partial charge on any atom is 0.143 e. The first-order valence-electron chi connectivity index (χ1n) is 15.0. The van der Waals surface area contributed by atoms with Gasteiger partial charge in [-0.1, -0.05) is 109 Å². The van der Waals surface area contributed by atoms with Crippen molar-refractivity contribution in [2.45, 2.75) is 0 Å². The van der Waals surface area contributed by atoms with Gasteiger partial charge in [-0.15, -0.1) is 0 Å². The quantitative estimate of drug-likeness (QED) is 0.209. The molecular formula is C42H27NO. The number of rotatable bonds is 4. The summed E-state index contributed by atoms with van der Waals surface area (Å²) in [5.74, 6) is 0. The SMILES string of the molecule is c1ccc(-c2cc(-c3ccc4c(c3)c3ccccc3n4-c3ccccc3)cc(-c3cccc4c3oc3ccccc34)c2)cc1. The van der Waals surface area contributed by atoms with Gasteiger partial charge in [0.15, 0.2) is 0 Å². The summed E-state index contributed by atoms with van der Waals surface area (Å²) in [7, 11) is 0. The van der Waals surface area contributed by atoms with Crippen molar-refractivity contribution >= 4 is 43.7 Å². The van der Waals surface area contributed by atoms with Crippen LogP contribution in [0.15, 0.2) is 168 Å². The molecule has 0 spiro atoms. The van der Waals surface area contributed by atoms with Crippen molar-refractivity contribution in [1.82, 2.24) is 4.57 Å². The van der Waals surface area contributed by atoms with Crippen molar-refractivity contribution in [2.24, 2.45) is 0 Å². The first kappa shape index (κ1) is 24.7.